The molecule has 1 saturated heterocycles. The van der Waals surface area contributed by atoms with E-state index in [9.17, 15) is 14.3 Å². The van der Waals surface area contributed by atoms with E-state index in [2.05, 4.69) is 15.9 Å². The number of hydroxylamine groups is 2. The van der Waals surface area contributed by atoms with Gasteiger partial charge < -0.3 is 5.11 Å². The number of rotatable bonds is 3. The minimum Gasteiger partial charge on any atom is -0.481 e. The molecule has 2 aromatic rings. The van der Waals surface area contributed by atoms with Gasteiger partial charge in [0.05, 0.1) is 6.04 Å². The van der Waals surface area contributed by atoms with Crippen LogP contribution in [0.25, 0.3) is 0 Å². The molecule has 1 fully saturated rings. The normalized spacial score (nSPS) is 24.7. The Bertz CT molecular complexity index is 722. The van der Waals surface area contributed by atoms with Gasteiger partial charge in [-0.05, 0) is 29.3 Å². The molecule has 1 aliphatic rings. The van der Waals surface area contributed by atoms with Crippen LogP contribution in [-0.4, -0.2) is 23.2 Å². The number of hydrogen-bond acceptors (Lipinski definition) is 3. The van der Waals surface area contributed by atoms with Crippen molar-refractivity contribution in [2.75, 3.05) is 7.05 Å². The van der Waals surface area contributed by atoms with Crippen LogP contribution in [-0.2, 0) is 9.63 Å². The van der Waals surface area contributed by atoms with E-state index < -0.39 is 24.0 Å². The second-order valence-electron chi connectivity index (χ2n) is 5.45. The van der Waals surface area contributed by atoms with E-state index in [-0.39, 0.29) is 5.82 Å². The molecule has 120 valence electrons. The van der Waals surface area contributed by atoms with Gasteiger partial charge in [0, 0.05) is 11.5 Å². The Balaban J connectivity index is 2.03. The Hall–Kier alpha value is -1.76. The molecule has 0 aromatic heterocycles. The van der Waals surface area contributed by atoms with E-state index >= 15 is 0 Å². The zero-order chi connectivity index (χ0) is 16.6. The highest BCUT2D eigenvalue weighted by Gasteiger charge is 2.48. The van der Waals surface area contributed by atoms with Gasteiger partial charge in [0.1, 0.15) is 17.8 Å². The lowest BCUT2D eigenvalue weighted by atomic mass is 9.86. The van der Waals surface area contributed by atoms with Gasteiger partial charge in [-0.25, -0.2) is 4.39 Å². The summed E-state index contributed by atoms with van der Waals surface area (Å²) < 4.78 is 14.0. The van der Waals surface area contributed by atoms with Gasteiger partial charge in [-0.15, -0.1) is 0 Å². The molecule has 1 aliphatic heterocycles. The number of nitrogens with zero attached hydrogens (tertiary/aromatic N) is 1. The lowest BCUT2D eigenvalue weighted by molar-refractivity contribution is -0.151. The molecule has 1 N–H and O–H groups in total. The highest BCUT2D eigenvalue weighted by atomic mass is 79.9. The first-order chi connectivity index (χ1) is 11.0. The van der Waals surface area contributed by atoms with E-state index in [1.54, 1.807) is 24.2 Å². The van der Waals surface area contributed by atoms with E-state index in [1.165, 1.54) is 12.1 Å². The first kappa shape index (κ1) is 16.1. The predicted octanol–water partition coefficient (Wildman–Crippen LogP) is 3.95. The largest absolute Gasteiger partial charge is 0.481 e. The molecule has 2 aromatic carbocycles. The summed E-state index contributed by atoms with van der Waals surface area (Å²) in [4.78, 5) is 17.7. The molecular formula is C17H15BrFNO3. The van der Waals surface area contributed by atoms with E-state index in [1.807, 2.05) is 24.3 Å². The van der Waals surface area contributed by atoms with Crippen LogP contribution in [0.4, 0.5) is 4.39 Å². The molecule has 0 amide bonds. The Kier molecular flexibility index (Phi) is 4.48. The summed E-state index contributed by atoms with van der Waals surface area (Å²) in [5.41, 5.74) is 1.48. The van der Waals surface area contributed by atoms with Crippen molar-refractivity contribution in [3.8, 4) is 0 Å². The van der Waals surface area contributed by atoms with Crippen LogP contribution in [0.3, 0.4) is 0 Å². The number of carboxylic acid groups (broad SMARTS) is 1. The lowest BCUT2D eigenvalue weighted by Gasteiger charge is -2.22. The molecular weight excluding hydrogens is 365 g/mol. The molecule has 0 unspecified atom stereocenters. The zero-order valence-corrected chi connectivity index (χ0v) is 13.9. The number of halogens is 2. The van der Waals surface area contributed by atoms with Crippen LogP contribution >= 0.6 is 15.9 Å². The first-order valence-corrected chi connectivity index (χ1v) is 7.90. The highest BCUT2D eigenvalue weighted by Crippen LogP contribution is 2.47. The fourth-order valence-corrected chi connectivity index (χ4v) is 3.51. The average molecular weight is 380 g/mol. The molecule has 23 heavy (non-hydrogen) atoms. The summed E-state index contributed by atoms with van der Waals surface area (Å²) in [7, 11) is 1.71. The molecule has 0 bridgehead atoms. The Labute approximate surface area is 141 Å². The minimum absolute atomic E-state index is 0.366. The molecule has 0 spiro atoms. The lowest BCUT2D eigenvalue weighted by Crippen LogP contribution is -2.26. The van der Waals surface area contributed by atoms with Crippen molar-refractivity contribution < 1.29 is 19.1 Å². The third kappa shape index (κ3) is 3.02. The Morgan fingerprint density at radius 1 is 1.22 bits per heavy atom. The number of benzene rings is 2. The van der Waals surface area contributed by atoms with Crippen LogP contribution in [0.15, 0.2) is 53.0 Å². The quantitative estimate of drug-likeness (QED) is 0.876. The van der Waals surface area contributed by atoms with Gasteiger partial charge in [0.2, 0.25) is 0 Å². The van der Waals surface area contributed by atoms with Crippen LogP contribution in [0.1, 0.15) is 23.3 Å². The zero-order valence-electron chi connectivity index (χ0n) is 12.3. The maximum Gasteiger partial charge on any atom is 0.311 e. The minimum atomic E-state index is -0.954. The van der Waals surface area contributed by atoms with Crippen molar-refractivity contribution in [1.29, 1.82) is 0 Å². The van der Waals surface area contributed by atoms with Crippen LogP contribution in [0, 0.1) is 11.7 Å². The van der Waals surface area contributed by atoms with Crippen LogP contribution in [0.2, 0.25) is 0 Å². The predicted molar refractivity (Wildman–Crippen MR) is 86.0 cm³/mol. The first-order valence-electron chi connectivity index (χ1n) is 7.11. The van der Waals surface area contributed by atoms with Crippen LogP contribution in [0.5, 0.6) is 0 Å². The van der Waals surface area contributed by atoms with Crippen molar-refractivity contribution in [1.82, 2.24) is 5.06 Å². The topological polar surface area (TPSA) is 49.8 Å². The van der Waals surface area contributed by atoms with Gasteiger partial charge in [-0.3, -0.25) is 9.63 Å². The van der Waals surface area contributed by atoms with Crippen molar-refractivity contribution >= 4 is 21.9 Å². The van der Waals surface area contributed by atoms with Crippen molar-refractivity contribution in [3.63, 3.8) is 0 Å². The van der Waals surface area contributed by atoms with E-state index in [0.29, 0.717) is 5.56 Å². The SMILES string of the molecule is CN1O[C@@H](c2ccc(F)cc2)[C@H](C(=O)O)[C@H]1c1ccccc1Br. The van der Waals surface area contributed by atoms with Crippen molar-refractivity contribution in [2.45, 2.75) is 12.1 Å². The third-order valence-corrected chi connectivity index (χ3v) is 4.77. The third-order valence-electron chi connectivity index (χ3n) is 4.05. The Morgan fingerprint density at radius 2 is 1.87 bits per heavy atom. The fraction of sp³-hybridized carbons (Fsp3) is 0.235. The average Bonchev–Trinajstić information content (AvgIpc) is 2.86. The Morgan fingerprint density at radius 3 is 2.48 bits per heavy atom. The maximum absolute atomic E-state index is 13.1. The number of carbonyl (C=O) groups is 1. The van der Waals surface area contributed by atoms with Gasteiger partial charge in [-0.2, -0.15) is 5.06 Å². The maximum atomic E-state index is 13.1. The molecule has 0 saturated carbocycles. The summed E-state index contributed by atoms with van der Waals surface area (Å²) in [6, 6.07) is 12.8. The second kappa shape index (κ2) is 6.39. The summed E-state index contributed by atoms with van der Waals surface area (Å²) in [6.45, 7) is 0. The number of aliphatic carboxylic acids is 1. The van der Waals surface area contributed by atoms with E-state index in [0.717, 1.165) is 10.0 Å². The molecule has 0 aliphatic carbocycles. The number of carboxylic acids is 1. The summed E-state index contributed by atoms with van der Waals surface area (Å²) in [6.07, 6.45) is -0.671. The second-order valence-corrected chi connectivity index (χ2v) is 6.31. The molecule has 3 atom stereocenters. The van der Waals surface area contributed by atoms with Crippen LogP contribution < -0.4 is 0 Å². The molecule has 6 heteroatoms. The highest BCUT2D eigenvalue weighted by molar-refractivity contribution is 9.10. The summed E-state index contributed by atoms with van der Waals surface area (Å²) >= 11 is 3.47. The van der Waals surface area contributed by atoms with Gasteiger partial charge in [-0.1, -0.05) is 46.3 Å². The molecule has 4 nitrogen and oxygen atoms in total. The molecule has 3 rings (SSSR count). The molecule has 0 radical (unpaired) electrons. The van der Waals surface area contributed by atoms with E-state index in [4.69, 9.17) is 4.84 Å². The van der Waals surface area contributed by atoms with Gasteiger partial charge >= 0.3 is 5.97 Å². The van der Waals surface area contributed by atoms with Crippen molar-refractivity contribution in [3.05, 3.63) is 69.9 Å². The van der Waals surface area contributed by atoms with Gasteiger partial charge in [0.25, 0.3) is 0 Å². The summed E-state index contributed by atoms with van der Waals surface area (Å²) in [5, 5.41) is 11.3. The smallest absolute Gasteiger partial charge is 0.311 e. The molecule has 1 heterocycles. The van der Waals surface area contributed by atoms with Gasteiger partial charge in [0.15, 0.2) is 0 Å². The fourth-order valence-electron chi connectivity index (χ4n) is 2.99. The monoisotopic (exact) mass is 379 g/mol. The van der Waals surface area contributed by atoms with Crippen molar-refractivity contribution in [2.24, 2.45) is 5.92 Å². The standard InChI is InChI=1S/C17H15BrFNO3/c1-20-15(12-4-2-3-5-13(12)18)14(17(21)22)16(23-20)10-6-8-11(19)9-7-10/h2-9,14-16H,1H3,(H,21,22)/t14-,15-,16+/m1/s1. The number of hydrogen-bond donors (Lipinski definition) is 1. The summed E-state index contributed by atoms with van der Waals surface area (Å²) in [5.74, 6) is -2.12.